The molecule has 1 heterocycles. The van der Waals surface area contributed by atoms with E-state index in [-0.39, 0.29) is 0 Å². The van der Waals surface area contributed by atoms with Crippen LogP contribution in [0.15, 0.2) is 18.5 Å². The lowest BCUT2D eigenvalue weighted by Gasteiger charge is -2.18. The maximum atomic E-state index is 9.51. The van der Waals surface area contributed by atoms with Gasteiger partial charge in [-0.2, -0.15) is 0 Å². The first kappa shape index (κ1) is 10.8. The van der Waals surface area contributed by atoms with Crippen LogP contribution in [0.1, 0.15) is 13.8 Å². The summed E-state index contributed by atoms with van der Waals surface area (Å²) < 4.78 is 0. The van der Waals surface area contributed by atoms with Crippen molar-refractivity contribution in [3.63, 3.8) is 0 Å². The third-order valence-electron chi connectivity index (χ3n) is 1.75. The molecule has 0 saturated heterocycles. The zero-order chi connectivity index (χ0) is 10.6. The third kappa shape index (κ3) is 3.62. The van der Waals surface area contributed by atoms with Crippen LogP contribution in [0.5, 0.6) is 0 Å². The summed E-state index contributed by atoms with van der Waals surface area (Å²) in [4.78, 5) is 4.05. The van der Waals surface area contributed by atoms with Gasteiger partial charge in [-0.1, -0.05) is 0 Å². The van der Waals surface area contributed by atoms with E-state index in [0.29, 0.717) is 6.54 Å². The Hall–Kier alpha value is -1.29. The summed E-state index contributed by atoms with van der Waals surface area (Å²) in [6.07, 6.45) is 3.47. The summed E-state index contributed by atoms with van der Waals surface area (Å²) in [5.41, 5.74) is 1.14. The van der Waals surface area contributed by atoms with Crippen LogP contribution >= 0.6 is 0 Å². The molecule has 0 aliphatic carbocycles. The molecule has 1 rings (SSSR count). The normalized spacial score (nSPS) is 11.1. The molecular weight excluding hydrogens is 178 g/mol. The van der Waals surface area contributed by atoms with E-state index in [1.807, 2.05) is 13.1 Å². The summed E-state index contributed by atoms with van der Waals surface area (Å²) >= 11 is 0. The molecule has 4 nitrogen and oxygen atoms in total. The molecule has 0 aliphatic rings. The van der Waals surface area contributed by atoms with E-state index in [4.69, 9.17) is 0 Å². The van der Waals surface area contributed by atoms with Crippen molar-refractivity contribution in [2.24, 2.45) is 0 Å². The van der Waals surface area contributed by atoms with Gasteiger partial charge in [0.05, 0.1) is 29.4 Å². The van der Waals surface area contributed by atoms with Crippen LogP contribution < -0.4 is 10.6 Å². The molecule has 0 amide bonds. The average Bonchev–Trinajstić information content (AvgIpc) is 2.14. The first-order valence-electron chi connectivity index (χ1n) is 4.60. The minimum absolute atomic E-state index is 0.502. The van der Waals surface area contributed by atoms with Crippen molar-refractivity contribution < 1.29 is 5.11 Å². The first-order chi connectivity index (χ1) is 6.51. The van der Waals surface area contributed by atoms with Gasteiger partial charge in [-0.05, 0) is 19.9 Å². The van der Waals surface area contributed by atoms with E-state index in [1.165, 1.54) is 0 Å². The highest BCUT2D eigenvalue weighted by molar-refractivity contribution is 5.53. The molecule has 3 N–H and O–H groups in total. The molecule has 4 heteroatoms. The van der Waals surface area contributed by atoms with Gasteiger partial charge in [-0.15, -0.1) is 0 Å². The summed E-state index contributed by atoms with van der Waals surface area (Å²) in [5.74, 6) is 0. The minimum Gasteiger partial charge on any atom is -0.389 e. The monoisotopic (exact) mass is 195 g/mol. The molecule has 14 heavy (non-hydrogen) atoms. The molecule has 0 saturated carbocycles. The van der Waals surface area contributed by atoms with Gasteiger partial charge in [0.15, 0.2) is 0 Å². The van der Waals surface area contributed by atoms with E-state index in [9.17, 15) is 5.11 Å². The van der Waals surface area contributed by atoms with Gasteiger partial charge in [-0.3, -0.25) is 4.98 Å². The van der Waals surface area contributed by atoms with Crippen molar-refractivity contribution in [3.05, 3.63) is 18.5 Å². The zero-order valence-corrected chi connectivity index (χ0v) is 8.83. The van der Waals surface area contributed by atoms with E-state index in [2.05, 4.69) is 15.6 Å². The van der Waals surface area contributed by atoms with E-state index >= 15 is 0 Å². The predicted octanol–water partition coefficient (Wildman–Crippen LogP) is 1.31. The van der Waals surface area contributed by atoms with Crippen LogP contribution in [-0.4, -0.2) is 29.3 Å². The number of aromatic nitrogens is 1. The number of hydrogen-bond donors (Lipinski definition) is 3. The molecule has 1 aromatic heterocycles. The number of hydrogen-bond acceptors (Lipinski definition) is 4. The molecule has 0 bridgehead atoms. The van der Waals surface area contributed by atoms with Gasteiger partial charge in [0, 0.05) is 13.6 Å². The Morgan fingerprint density at radius 1 is 1.36 bits per heavy atom. The summed E-state index contributed by atoms with van der Waals surface area (Å²) in [6, 6.07) is 1.94. The van der Waals surface area contributed by atoms with Crippen LogP contribution in [0.25, 0.3) is 0 Å². The first-order valence-corrected chi connectivity index (χ1v) is 4.60. The standard InChI is InChI=1S/C10H17N3O/c1-10(2,14)7-13-9-4-8(11-3)5-12-6-9/h4-6,11,13-14H,7H2,1-3H3. The van der Waals surface area contributed by atoms with Crippen LogP contribution in [0, 0.1) is 0 Å². The lowest BCUT2D eigenvalue weighted by molar-refractivity contribution is 0.0945. The van der Waals surface area contributed by atoms with Crippen molar-refractivity contribution in [2.45, 2.75) is 19.4 Å². The van der Waals surface area contributed by atoms with E-state index < -0.39 is 5.60 Å². The third-order valence-corrected chi connectivity index (χ3v) is 1.75. The number of anilines is 2. The molecule has 0 atom stereocenters. The zero-order valence-electron chi connectivity index (χ0n) is 8.83. The second kappa shape index (κ2) is 4.28. The highest BCUT2D eigenvalue weighted by atomic mass is 16.3. The fraction of sp³-hybridized carbons (Fsp3) is 0.500. The Morgan fingerprint density at radius 3 is 2.57 bits per heavy atom. The number of rotatable bonds is 4. The van der Waals surface area contributed by atoms with Crippen molar-refractivity contribution in [2.75, 3.05) is 24.2 Å². The van der Waals surface area contributed by atoms with Crippen LogP contribution in [-0.2, 0) is 0 Å². The highest BCUT2D eigenvalue weighted by Gasteiger charge is 2.11. The molecular formula is C10H17N3O. The minimum atomic E-state index is -0.713. The molecule has 0 aromatic carbocycles. The van der Waals surface area contributed by atoms with Crippen molar-refractivity contribution >= 4 is 11.4 Å². The van der Waals surface area contributed by atoms with E-state index in [1.54, 1.807) is 26.2 Å². The molecule has 0 spiro atoms. The Bertz CT molecular complexity index is 294. The lowest BCUT2D eigenvalue weighted by atomic mass is 10.1. The second-order valence-electron chi connectivity index (χ2n) is 3.88. The molecule has 0 fully saturated rings. The molecule has 0 unspecified atom stereocenters. The maximum Gasteiger partial charge on any atom is 0.0763 e. The van der Waals surface area contributed by atoms with Crippen molar-refractivity contribution in [3.8, 4) is 0 Å². The van der Waals surface area contributed by atoms with Crippen LogP contribution in [0.4, 0.5) is 11.4 Å². The van der Waals surface area contributed by atoms with Gasteiger partial charge in [-0.25, -0.2) is 0 Å². The summed E-state index contributed by atoms with van der Waals surface area (Å²) in [5, 5.41) is 15.6. The van der Waals surface area contributed by atoms with Crippen LogP contribution in [0.2, 0.25) is 0 Å². The van der Waals surface area contributed by atoms with Gasteiger partial charge in [0.1, 0.15) is 0 Å². The smallest absolute Gasteiger partial charge is 0.0763 e. The molecule has 0 aliphatic heterocycles. The Balaban J connectivity index is 2.59. The lowest BCUT2D eigenvalue weighted by Crippen LogP contribution is -2.29. The SMILES string of the molecule is CNc1cncc(NCC(C)(C)O)c1. The molecule has 78 valence electrons. The fourth-order valence-corrected chi connectivity index (χ4v) is 0.992. The van der Waals surface area contributed by atoms with Crippen molar-refractivity contribution in [1.29, 1.82) is 0 Å². The number of pyridine rings is 1. The summed E-state index contributed by atoms with van der Waals surface area (Å²) in [7, 11) is 1.84. The van der Waals surface area contributed by atoms with Crippen LogP contribution in [0.3, 0.4) is 0 Å². The van der Waals surface area contributed by atoms with Crippen molar-refractivity contribution in [1.82, 2.24) is 4.98 Å². The average molecular weight is 195 g/mol. The largest absolute Gasteiger partial charge is 0.389 e. The highest BCUT2D eigenvalue weighted by Crippen LogP contribution is 2.13. The number of aliphatic hydroxyl groups is 1. The van der Waals surface area contributed by atoms with Gasteiger partial charge >= 0.3 is 0 Å². The fourth-order valence-electron chi connectivity index (χ4n) is 0.992. The predicted molar refractivity (Wildman–Crippen MR) is 58.6 cm³/mol. The Kier molecular flexibility index (Phi) is 3.30. The molecule has 1 aromatic rings. The second-order valence-corrected chi connectivity index (χ2v) is 3.88. The quantitative estimate of drug-likeness (QED) is 0.678. The Labute approximate surface area is 84.4 Å². The number of nitrogens with zero attached hydrogens (tertiary/aromatic N) is 1. The maximum absolute atomic E-state index is 9.51. The summed E-state index contributed by atoms with van der Waals surface area (Å²) in [6.45, 7) is 4.02. The van der Waals surface area contributed by atoms with Gasteiger partial charge in [0.2, 0.25) is 0 Å². The number of nitrogens with one attached hydrogen (secondary N) is 2. The van der Waals surface area contributed by atoms with Gasteiger partial charge in [0.25, 0.3) is 0 Å². The van der Waals surface area contributed by atoms with Gasteiger partial charge < -0.3 is 15.7 Å². The molecule has 0 radical (unpaired) electrons. The Morgan fingerprint density at radius 2 is 2.00 bits per heavy atom. The van der Waals surface area contributed by atoms with E-state index in [0.717, 1.165) is 11.4 Å². The topological polar surface area (TPSA) is 57.2 Å².